The van der Waals surface area contributed by atoms with Crippen molar-refractivity contribution in [3.63, 3.8) is 0 Å². The molecule has 0 bridgehead atoms. The molecule has 0 spiro atoms. The summed E-state index contributed by atoms with van der Waals surface area (Å²) in [4.78, 5) is 1.74. The van der Waals surface area contributed by atoms with Crippen molar-refractivity contribution in [3.05, 3.63) is 11.8 Å². The fraction of sp³-hybridized carbons (Fsp3) is 0.800. The molecule has 1 aliphatic heterocycles. The highest BCUT2D eigenvalue weighted by Gasteiger charge is 2.11. The summed E-state index contributed by atoms with van der Waals surface area (Å²) >= 11 is 0. The summed E-state index contributed by atoms with van der Waals surface area (Å²) in [6, 6.07) is 0. The van der Waals surface area contributed by atoms with Gasteiger partial charge < -0.3 is 4.90 Å². The molecule has 2 aliphatic rings. The Bertz CT molecular complexity index is 380. The lowest BCUT2D eigenvalue weighted by Crippen LogP contribution is -2.11. The molecular formula is C10H17N. The zero-order chi connectivity index (χ0) is 14.7. The largest absolute Gasteiger partial charge is 0.377 e. The maximum Gasteiger partial charge on any atom is 0.0313 e. The van der Waals surface area contributed by atoms with E-state index in [1.54, 1.807) is 4.90 Å². The minimum Gasteiger partial charge on any atom is -0.377 e. The Morgan fingerprint density at radius 2 is 1.82 bits per heavy atom. The van der Waals surface area contributed by atoms with Crippen molar-refractivity contribution >= 4 is 0 Å². The van der Waals surface area contributed by atoms with Crippen molar-refractivity contribution in [2.75, 3.05) is 13.1 Å². The van der Waals surface area contributed by atoms with E-state index in [-0.39, 0.29) is 0 Å². The van der Waals surface area contributed by atoms with E-state index in [9.17, 15) is 0 Å². The molecule has 0 unspecified atom stereocenters. The van der Waals surface area contributed by atoms with Gasteiger partial charge in [0.15, 0.2) is 0 Å². The lowest BCUT2D eigenvalue weighted by molar-refractivity contribution is 0.462. The first-order valence-electron chi connectivity index (χ1n) is 7.93. The van der Waals surface area contributed by atoms with Gasteiger partial charge in [-0.2, -0.15) is 0 Å². The summed E-state index contributed by atoms with van der Waals surface area (Å²) in [5.41, 5.74) is -0.433. The van der Waals surface area contributed by atoms with E-state index in [1.807, 2.05) is 0 Å². The van der Waals surface area contributed by atoms with E-state index in [0.29, 0.717) is 13.1 Å². The first-order valence-corrected chi connectivity index (χ1v) is 3.93. The fourth-order valence-corrected chi connectivity index (χ4v) is 1.35. The van der Waals surface area contributed by atoms with Gasteiger partial charge in [0.25, 0.3) is 0 Å². The maximum atomic E-state index is 7.84. The quantitative estimate of drug-likeness (QED) is 0.568. The third kappa shape index (κ3) is 1.76. The summed E-state index contributed by atoms with van der Waals surface area (Å²) in [6.45, 7) is 1.34. The molecule has 2 rings (SSSR count). The van der Waals surface area contributed by atoms with Crippen LogP contribution in [0.1, 0.15) is 49.3 Å². The Balaban J connectivity index is 2.53. The number of hydrogen-bond acceptors (Lipinski definition) is 1. The molecule has 2 fully saturated rings. The monoisotopic (exact) mass is 159 g/mol. The van der Waals surface area contributed by atoms with Gasteiger partial charge in [-0.3, -0.25) is 0 Å². The Hall–Kier alpha value is -0.460. The van der Waals surface area contributed by atoms with Crippen LogP contribution in [0.2, 0.25) is 0 Å². The summed E-state index contributed by atoms with van der Waals surface area (Å²) in [7, 11) is 0. The molecule has 1 heteroatoms. The molecule has 1 saturated heterocycles. The molecule has 1 heterocycles. The van der Waals surface area contributed by atoms with Gasteiger partial charge in [-0.15, -0.1) is 0 Å². The van der Waals surface area contributed by atoms with Crippen LogP contribution < -0.4 is 0 Å². The minimum absolute atomic E-state index is 0.433. The number of likely N-dealkylation sites (tertiary alicyclic amines) is 1. The molecule has 0 aromatic rings. The van der Waals surface area contributed by atoms with Crippen LogP contribution in [0.4, 0.5) is 0 Å². The van der Waals surface area contributed by atoms with E-state index in [1.165, 1.54) is 6.20 Å². The van der Waals surface area contributed by atoms with Gasteiger partial charge in [0.05, 0.1) is 0 Å². The maximum absolute atomic E-state index is 7.84. The molecule has 1 nitrogen and oxygen atoms in total. The van der Waals surface area contributed by atoms with E-state index in [4.69, 9.17) is 11.0 Å². The summed E-state index contributed by atoms with van der Waals surface area (Å²) in [5.74, 6) is 0. The predicted molar refractivity (Wildman–Crippen MR) is 47.4 cm³/mol. The highest BCUT2D eigenvalue weighted by atomic mass is 15.1. The zero-order valence-corrected chi connectivity index (χ0v) is 6.35. The first kappa shape index (κ1) is 2.51. The second-order valence-electron chi connectivity index (χ2n) is 2.79. The number of allylic oxidation sites excluding steroid dienone is 1. The Morgan fingerprint density at radius 1 is 1.18 bits per heavy atom. The smallest absolute Gasteiger partial charge is 0.0313 e. The molecule has 0 N–H and O–H groups in total. The molecule has 0 amide bonds. The topological polar surface area (TPSA) is 3.24 Å². The average molecular weight is 159 g/mol. The molecule has 0 radical (unpaired) electrons. The molecule has 0 aromatic heterocycles. The van der Waals surface area contributed by atoms with Crippen molar-refractivity contribution in [2.45, 2.75) is 38.3 Å². The number of hydrogen-bond donors (Lipinski definition) is 0. The Morgan fingerprint density at radius 3 is 2.45 bits per heavy atom. The summed E-state index contributed by atoms with van der Waals surface area (Å²) < 4.78 is 62.0. The predicted octanol–water partition coefficient (Wildman–Crippen LogP) is 2.54. The van der Waals surface area contributed by atoms with Crippen molar-refractivity contribution in [1.82, 2.24) is 4.90 Å². The van der Waals surface area contributed by atoms with Crippen LogP contribution in [0.25, 0.3) is 0 Å². The van der Waals surface area contributed by atoms with E-state index < -0.39 is 31.1 Å². The summed E-state index contributed by atoms with van der Waals surface area (Å²) in [5, 5.41) is 0. The molecule has 0 aromatic carbocycles. The molecule has 62 valence electrons. The molecular weight excluding hydrogens is 134 g/mol. The molecule has 1 saturated carbocycles. The van der Waals surface area contributed by atoms with Crippen molar-refractivity contribution in [2.24, 2.45) is 0 Å². The second-order valence-corrected chi connectivity index (χ2v) is 2.79. The average Bonchev–Trinajstić information content (AvgIpc) is 2.78. The molecule has 1 aliphatic carbocycles. The highest BCUT2D eigenvalue weighted by Crippen LogP contribution is 2.24. The van der Waals surface area contributed by atoms with Gasteiger partial charge in [0.2, 0.25) is 0 Å². The van der Waals surface area contributed by atoms with Gasteiger partial charge in [0, 0.05) is 24.1 Å². The van der Waals surface area contributed by atoms with Crippen molar-refractivity contribution in [1.29, 1.82) is 0 Å². The number of nitrogens with zero attached hydrogens (tertiary/aromatic N) is 1. The third-order valence-electron chi connectivity index (χ3n) is 1.91. The zero-order valence-electron chi connectivity index (χ0n) is 14.4. The standard InChI is InChI=1S/C10H17N/c1-2-6-10(5-1)9-11-7-3-4-8-11/h9H,1-8H2/i1D2,2D2,5D2,6D2. The van der Waals surface area contributed by atoms with Crippen LogP contribution in [-0.4, -0.2) is 18.0 Å². The second kappa shape index (κ2) is 3.29. The molecule has 0 atom stereocenters. The molecule has 11 heavy (non-hydrogen) atoms. The van der Waals surface area contributed by atoms with Gasteiger partial charge in [-0.25, -0.2) is 0 Å². The normalized spacial score (nSPS) is 53.8. The highest BCUT2D eigenvalue weighted by molar-refractivity contribution is 5.05. The lowest BCUT2D eigenvalue weighted by Gasteiger charge is -2.12. The van der Waals surface area contributed by atoms with Crippen molar-refractivity contribution in [3.8, 4) is 0 Å². The van der Waals surface area contributed by atoms with Crippen LogP contribution >= 0.6 is 0 Å². The fourth-order valence-electron chi connectivity index (χ4n) is 1.35. The van der Waals surface area contributed by atoms with E-state index in [0.717, 1.165) is 12.8 Å². The van der Waals surface area contributed by atoms with Crippen LogP contribution in [0.5, 0.6) is 0 Å². The van der Waals surface area contributed by atoms with Crippen LogP contribution in [0, 0.1) is 0 Å². The SMILES string of the molecule is [2H]C1([2H])C(=CN2CCCC2)C([2H])([2H])C([2H])([2H])C1([2H])[2H]. The van der Waals surface area contributed by atoms with Crippen LogP contribution in [0.15, 0.2) is 11.8 Å². The van der Waals surface area contributed by atoms with Gasteiger partial charge in [-0.05, 0) is 44.5 Å². The lowest BCUT2D eigenvalue weighted by atomic mass is 10.2. The Labute approximate surface area is 80.3 Å². The Kier molecular flexibility index (Phi) is 0.752. The minimum atomic E-state index is -2.91. The van der Waals surface area contributed by atoms with Gasteiger partial charge in [0.1, 0.15) is 0 Å². The van der Waals surface area contributed by atoms with E-state index in [2.05, 4.69) is 0 Å². The third-order valence-corrected chi connectivity index (χ3v) is 1.91. The van der Waals surface area contributed by atoms with Crippen molar-refractivity contribution < 1.29 is 11.0 Å². The van der Waals surface area contributed by atoms with Gasteiger partial charge in [-0.1, -0.05) is 5.57 Å². The van der Waals surface area contributed by atoms with Crippen LogP contribution in [-0.2, 0) is 0 Å². The first-order chi connectivity index (χ1) is 8.46. The van der Waals surface area contributed by atoms with Crippen LogP contribution in [0.3, 0.4) is 0 Å². The van der Waals surface area contributed by atoms with E-state index >= 15 is 0 Å². The number of rotatable bonds is 1. The summed E-state index contributed by atoms with van der Waals surface area (Å²) in [6.07, 6.45) is -8.00. The van der Waals surface area contributed by atoms with Gasteiger partial charge >= 0.3 is 0 Å².